The van der Waals surface area contributed by atoms with E-state index in [2.05, 4.69) is 9.97 Å². The van der Waals surface area contributed by atoms with Gasteiger partial charge >= 0.3 is 0 Å². The number of benzene rings is 1. The predicted molar refractivity (Wildman–Crippen MR) is 91.3 cm³/mol. The number of methoxy groups -OCH3 is 1. The zero-order chi connectivity index (χ0) is 16.7. The van der Waals surface area contributed by atoms with Crippen LogP contribution in [0.25, 0.3) is 33.3 Å². The van der Waals surface area contributed by atoms with Crippen molar-refractivity contribution in [3.63, 3.8) is 0 Å². The van der Waals surface area contributed by atoms with Gasteiger partial charge in [0.15, 0.2) is 11.6 Å². The van der Waals surface area contributed by atoms with Crippen LogP contribution in [0.2, 0.25) is 0 Å². The van der Waals surface area contributed by atoms with E-state index in [4.69, 9.17) is 4.74 Å². The van der Waals surface area contributed by atoms with Gasteiger partial charge in [0, 0.05) is 35.0 Å². The van der Waals surface area contributed by atoms with Gasteiger partial charge in [-0.2, -0.15) is 11.3 Å². The average molecular weight is 342 g/mol. The van der Waals surface area contributed by atoms with E-state index in [1.807, 2.05) is 22.9 Å². The van der Waals surface area contributed by atoms with Crippen molar-refractivity contribution in [2.75, 3.05) is 7.11 Å². The molecular formula is C18H12F2N2OS. The van der Waals surface area contributed by atoms with Crippen molar-refractivity contribution in [3.8, 4) is 28.0 Å². The van der Waals surface area contributed by atoms with E-state index >= 15 is 0 Å². The summed E-state index contributed by atoms with van der Waals surface area (Å²) in [4.78, 5) is 7.39. The van der Waals surface area contributed by atoms with Crippen molar-refractivity contribution in [2.24, 2.45) is 0 Å². The van der Waals surface area contributed by atoms with Gasteiger partial charge in [0.1, 0.15) is 11.5 Å². The van der Waals surface area contributed by atoms with Crippen LogP contribution in [0.3, 0.4) is 0 Å². The second kappa shape index (κ2) is 5.72. The molecule has 1 aromatic carbocycles. The van der Waals surface area contributed by atoms with Gasteiger partial charge in [-0.15, -0.1) is 0 Å². The molecule has 0 spiro atoms. The summed E-state index contributed by atoms with van der Waals surface area (Å²) in [5.74, 6) is -1.38. The van der Waals surface area contributed by atoms with Crippen LogP contribution in [0.4, 0.5) is 8.78 Å². The first-order valence-corrected chi connectivity index (χ1v) is 8.15. The number of hydrogen-bond acceptors (Lipinski definition) is 3. The molecule has 0 saturated heterocycles. The third kappa shape index (κ3) is 2.27. The van der Waals surface area contributed by atoms with Crippen molar-refractivity contribution in [1.29, 1.82) is 0 Å². The van der Waals surface area contributed by atoms with E-state index in [1.165, 1.54) is 13.2 Å². The molecular weight excluding hydrogens is 330 g/mol. The van der Waals surface area contributed by atoms with Gasteiger partial charge in [-0.05, 0) is 40.1 Å². The van der Waals surface area contributed by atoms with E-state index in [1.54, 1.807) is 23.7 Å². The Morgan fingerprint density at radius 1 is 1.12 bits per heavy atom. The van der Waals surface area contributed by atoms with Crippen LogP contribution >= 0.6 is 11.3 Å². The third-order valence-electron chi connectivity index (χ3n) is 3.91. The van der Waals surface area contributed by atoms with Crippen LogP contribution in [0.1, 0.15) is 0 Å². The SMILES string of the molecule is COc1c(F)cc(F)cc1-c1c[nH]c2nccc(-c3ccsc3)c12. The third-order valence-corrected chi connectivity index (χ3v) is 4.59. The van der Waals surface area contributed by atoms with Gasteiger partial charge in [-0.25, -0.2) is 13.8 Å². The highest BCUT2D eigenvalue weighted by molar-refractivity contribution is 7.08. The highest BCUT2D eigenvalue weighted by atomic mass is 32.1. The molecule has 3 aromatic heterocycles. The van der Waals surface area contributed by atoms with Gasteiger partial charge in [0.25, 0.3) is 0 Å². The van der Waals surface area contributed by atoms with E-state index in [9.17, 15) is 8.78 Å². The standard InChI is InChI=1S/C18H12F2N2OS/c1-23-17-13(6-11(19)7-15(17)20)14-8-22-18-16(14)12(2-4-21-18)10-3-5-24-9-10/h2-9H,1H3,(H,21,22). The molecule has 0 radical (unpaired) electrons. The Bertz CT molecular complexity index is 1030. The molecule has 4 aromatic rings. The van der Waals surface area contributed by atoms with Gasteiger partial charge < -0.3 is 9.72 Å². The average Bonchev–Trinajstić information content (AvgIpc) is 3.23. The molecule has 0 saturated carbocycles. The van der Waals surface area contributed by atoms with E-state index in [-0.39, 0.29) is 5.75 Å². The first kappa shape index (κ1) is 14.8. The molecule has 1 N–H and O–H groups in total. The minimum Gasteiger partial charge on any atom is -0.493 e. The Morgan fingerprint density at radius 3 is 2.75 bits per heavy atom. The smallest absolute Gasteiger partial charge is 0.168 e. The lowest BCUT2D eigenvalue weighted by molar-refractivity contribution is 0.386. The molecule has 4 rings (SSSR count). The summed E-state index contributed by atoms with van der Waals surface area (Å²) in [6.07, 6.45) is 3.41. The summed E-state index contributed by atoms with van der Waals surface area (Å²) >= 11 is 1.58. The molecule has 120 valence electrons. The molecule has 0 aliphatic heterocycles. The van der Waals surface area contributed by atoms with Gasteiger partial charge in [0.2, 0.25) is 0 Å². The number of hydrogen-bond donors (Lipinski definition) is 1. The summed E-state index contributed by atoms with van der Waals surface area (Å²) < 4.78 is 33.0. The molecule has 0 atom stereocenters. The zero-order valence-corrected chi connectivity index (χ0v) is 13.5. The molecule has 24 heavy (non-hydrogen) atoms. The predicted octanol–water partition coefficient (Wildman–Crippen LogP) is 5.25. The Balaban J connectivity index is 2.06. The van der Waals surface area contributed by atoms with E-state index < -0.39 is 11.6 Å². The fourth-order valence-corrected chi connectivity index (χ4v) is 3.55. The van der Waals surface area contributed by atoms with E-state index in [0.717, 1.165) is 22.6 Å². The Morgan fingerprint density at radius 2 is 2.00 bits per heavy atom. The summed E-state index contributed by atoms with van der Waals surface area (Å²) in [5, 5.41) is 4.81. The number of aromatic amines is 1. The maximum absolute atomic E-state index is 14.1. The number of pyridine rings is 1. The number of thiophene rings is 1. The highest BCUT2D eigenvalue weighted by Crippen LogP contribution is 2.41. The minimum absolute atomic E-state index is 0.0115. The number of nitrogens with zero attached hydrogens (tertiary/aromatic N) is 1. The monoisotopic (exact) mass is 342 g/mol. The maximum Gasteiger partial charge on any atom is 0.168 e. The first-order chi connectivity index (χ1) is 11.7. The molecule has 6 heteroatoms. The maximum atomic E-state index is 14.1. The quantitative estimate of drug-likeness (QED) is 0.552. The van der Waals surface area contributed by atoms with Crippen molar-refractivity contribution < 1.29 is 13.5 Å². The molecule has 0 aliphatic rings. The Kier molecular flexibility index (Phi) is 3.54. The number of fused-ring (bicyclic) bond motifs is 1. The number of ether oxygens (including phenoxy) is 1. The van der Waals surface area contributed by atoms with Crippen LogP contribution in [0.5, 0.6) is 5.75 Å². The molecule has 0 aliphatic carbocycles. The number of aromatic nitrogens is 2. The van der Waals surface area contributed by atoms with E-state index in [0.29, 0.717) is 16.8 Å². The number of nitrogens with one attached hydrogen (secondary N) is 1. The molecule has 0 bridgehead atoms. The van der Waals surface area contributed by atoms with Gasteiger partial charge in [0.05, 0.1) is 7.11 Å². The fourth-order valence-electron chi connectivity index (χ4n) is 2.90. The lowest BCUT2D eigenvalue weighted by atomic mass is 9.98. The first-order valence-electron chi connectivity index (χ1n) is 7.21. The van der Waals surface area contributed by atoms with Crippen LogP contribution < -0.4 is 4.74 Å². The zero-order valence-electron chi connectivity index (χ0n) is 12.6. The summed E-state index contributed by atoms with van der Waals surface area (Å²) in [7, 11) is 1.37. The molecule has 0 unspecified atom stereocenters. The number of rotatable bonds is 3. The van der Waals surface area contributed by atoms with Crippen LogP contribution in [0.15, 0.2) is 47.4 Å². The topological polar surface area (TPSA) is 37.9 Å². The lowest BCUT2D eigenvalue weighted by Gasteiger charge is -2.10. The summed E-state index contributed by atoms with van der Waals surface area (Å²) in [5.41, 5.74) is 3.63. The molecule has 0 fully saturated rings. The lowest BCUT2D eigenvalue weighted by Crippen LogP contribution is -1.94. The normalized spacial score (nSPS) is 11.1. The number of H-pyrrole nitrogens is 1. The van der Waals surface area contributed by atoms with Crippen LogP contribution in [-0.2, 0) is 0 Å². The Labute approximate surface area is 140 Å². The summed E-state index contributed by atoms with van der Waals surface area (Å²) in [6, 6.07) is 5.98. The highest BCUT2D eigenvalue weighted by Gasteiger charge is 2.19. The van der Waals surface area contributed by atoms with Crippen molar-refractivity contribution >= 4 is 22.4 Å². The largest absolute Gasteiger partial charge is 0.493 e. The van der Waals surface area contributed by atoms with Crippen molar-refractivity contribution in [1.82, 2.24) is 9.97 Å². The van der Waals surface area contributed by atoms with Gasteiger partial charge in [-0.3, -0.25) is 0 Å². The fraction of sp³-hybridized carbons (Fsp3) is 0.0556. The second-order valence-corrected chi connectivity index (χ2v) is 6.04. The molecule has 0 amide bonds. The van der Waals surface area contributed by atoms with Crippen molar-refractivity contribution in [2.45, 2.75) is 0 Å². The van der Waals surface area contributed by atoms with Crippen LogP contribution in [0, 0.1) is 11.6 Å². The molecule has 3 nitrogen and oxygen atoms in total. The minimum atomic E-state index is -0.733. The van der Waals surface area contributed by atoms with Gasteiger partial charge in [-0.1, -0.05) is 0 Å². The Hall–Kier alpha value is -2.73. The van der Waals surface area contributed by atoms with Crippen molar-refractivity contribution in [3.05, 3.63) is 59.1 Å². The van der Waals surface area contributed by atoms with Crippen LogP contribution in [-0.4, -0.2) is 17.1 Å². The summed E-state index contributed by atoms with van der Waals surface area (Å²) in [6.45, 7) is 0. The molecule has 3 heterocycles. The number of halogens is 2. The second-order valence-electron chi connectivity index (χ2n) is 5.26.